The Morgan fingerprint density at radius 1 is 1.44 bits per heavy atom. The molecule has 2 rings (SSSR count). The van der Waals surface area contributed by atoms with Crippen LogP contribution in [0.25, 0.3) is 0 Å². The molecule has 0 amide bonds. The fourth-order valence-corrected chi connectivity index (χ4v) is 1.52. The Balaban J connectivity index is 2.30. The number of carbonyl (C=O) groups is 2. The standard InChI is InChI=1S/C9H11NO6/c11-5-9-8(10-3-4-14-9)15-6(12)1-2-7(13)16-9/h1-2,8,10-11H,3-5H2/b2-1-. The zero-order valence-electron chi connectivity index (χ0n) is 8.34. The third-order valence-corrected chi connectivity index (χ3v) is 2.26. The zero-order chi connectivity index (χ0) is 11.6. The highest BCUT2D eigenvalue weighted by Gasteiger charge is 2.48. The Morgan fingerprint density at radius 2 is 2.19 bits per heavy atom. The van der Waals surface area contributed by atoms with Crippen molar-refractivity contribution in [2.75, 3.05) is 19.8 Å². The van der Waals surface area contributed by atoms with Crippen molar-refractivity contribution < 1.29 is 28.9 Å². The number of aliphatic hydroxyl groups excluding tert-OH is 1. The summed E-state index contributed by atoms with van der Waals surface area (Å²) in [7, 11) is 0. The highest BCUT2D eigenvalue weighted by Crippen LogP contribution is 2.24. The average molecular weight is 229 g/mol. The van der Waals surface area contributed by atoms with Gasteiger partial charge in [-0.05, 0) is 0 Å². The largest absolute Gasteiger partial charge is 0.436 e. The molecule has 1 fully saturated rings. The molecule has 88 valence electrons. The summed E-state index contributed by atoms with van der Waals surface area (Å²) < 4.78 is 15.1. The van der Waals surface area contributed by atoms with Gasteiger partial charge in [0.25, 0.3) is 5.79 Å². The van der Waals surface area contributed by atoms with Crippen LogP contribution in [0.1, 0.15) is 0 Å². The van der Waals surface area contributed by atoms with Gasteiger partial charge in [-0.1, -0.05) is 0 Å². The molecule has 0 spiro atoms. The van der Waals surface area contributed by atoms with Crippen LogP contribution >= 0.6 is 0 Å². The smallest absolute Gasteiger partial charge is 0.333 e. The Hall–Kier alpha value is -1.44. The maximum Gasteiger partial charge on any atom is 0.333 e. The number of hydrogen-bond acceptors (Lipinski definition) is 7. The van der Waals surface area contributed by atoms with E-state index in [9.17, 15) is 14.7 Å². The van der Waals surface area contributed by atoms with Crippen LogP contribution in [0.2, 0.25) is 0 Å². The summed E-state index contributed by atoms with van der Waals surface area (Å²) in [5.74, 6) is -3.12. The molecule has 0 aromatic carbocycles. The summed E-state index contributed by atoms with van der Waals surface area (Å²) in [5.41, 5.74) is 0. The number of esters is 2. The van der Waals surface area contributed by atoms with Crippen LogP contribution in [0.5, 0.6) is 0 Å². The van der Waals surface area contributed by atoms with E-state index in [4.69, 9.17) is 14.2 Å². The molecule has 2 atom stereocenters. The Labute approximate surface area is 91.0 Å². The number of nitrogens with one attached hydrogen (secondary N) is 1. The van der Waals surface area contributed by atoms with Crippen LogP contribution < -0.4 is 5.32 Å². The number of morpholine rings is 1. The van der Waals surface area contributed by atoms with Crippen molar-refractivity contribution in [2.24, 2.45) is 0 Å². The maximum atomic E-state index is 11.3. The summed E-state index contributed by atoms with van der Waals surface area (Å²) in [6.07, 6.45) is 0.876. The minimum Gasteiger partial charge on any atom is -0.436 e. The monoisotopic (exact) mass is 229 g/mol. The quantitative estimate of drug-likeness (QED) is 0.516. The molecule has 16 heavy (non-hydrogen) atoms. The van der Waals surface area contributed by atoms with E-state index in [0.717, 1.165) is 12.2 Å². The van der Waals surface area contributed by atoms with E-state index in [1.54, 1.807) is 0 Å². The van der Waals surface area contributed by atoms with E-state index >= 15 is 0 Å². The molecule has 7 heteroatoms. The van der Waals surface area contributed by atoms with E-state index in [-0.39, 0.29) is 6.61 Å². The normalized spacial score (nSPS) is 36.4. The van der Waals surface area contributed by atoms with Crippen LogP contribution in [-0.4, -0.2) is 48.8 Å². The molecule has 2 unspecified atom stereocenters. The van der Waals surface area contributed by atoms with E-state index in [1.165, 1.54) is 0 Å². The van der Waals surface area contributed by atoms with Gasteiger partial charge in [0.2, 0.25) is 6.23 Å². The van der Waals surface area contributed by atoms with Crippen LogP contribution in [-0.2, 0) is 23.8 Å². The number of aliphatic hydroxyl groups is 1. The summed E-state index contributed by atoms with van der Waals surface area (Å²) >= 11 is 0. The van der Waals surface area contributed by atoms with Gasteiger partial charge >= 0.3 is 11.9 Å². The van der Waals surface area contributed by atoms with Gasteiger partial charge in [0.1, 0.15) is 6.61 Å². The highest BCUT2D eigenvalue weighted by molar-refractivity contribution is 5.92. The minimum atomic E-state index is -1.66. The Bertz CT molecular complexity index is 341. The van der Waals surface area contributed by atoms with E-state index in [1.807, 2.05) is 0 Å². The van der Waals surface area contributed by atoms with Gasteiger partial charge in [0, 0.05) is 18.7 Å². The van der Waals surface area contributed by atoms with Crippen LogP contribution in [0.3, 0.4) is 0 Å². The third-order valence-electron chi connectivity index (χ3n) is 2.26. The summed E-state index contributed by atoms with van der Waals surface area (Å²) in [4.78, 5) is 22.5. The van der Waals surface area contributed by atoms with Crippen molar-refractivity contribution in [3.8, 4) is 0 Å². The first-order valence-corrected chi connectivity index (χ1v) is 4.76. The minimum absolute atomic E-state index is 0.242. The fourth-order valence-electron chi connectivity index (χ4n) is 1.52. The summed E-state index contributed by atoms with van der Waals surface area (Å²) in [5, 5.41) is 12.0. The molecule has 0 saturated carbocycles. The van der Waals surface area contributed by atoms with Crippen molar-refractivity contribution in [3.63, 3.8) is 0 Å². The van der Waals surface area contributed by atoms with E-state index in [0.29, 0.717) is 6.54 Å². The molecule has 2 N–H and O–H groups in total. The van der Waals surface area contributed by atoms with Crippen LogP contribution in [0.4, 0.5) is 0 Å². The molecular weight excluding hydrogens is 218 g/mol. The van der Waals surface area contributed by atoms with Crippen LogP contribution in [0, 0.1) is 0 Å². The van der Waals surface area contributed by atoms with Crippen molar-refractivity contribution in [2.45, 2.75) is 12.0 Å². The number of hydrogen-bond donors (Lipinski definition) is 2. The molecular formula is C9H11NO6. The topological polar surface area (TPSA) is 94.1 Å². The van der Waals surface area contributed by atoms with Gasteiger partial charge in [-0.15, -0.1) is 0 Å². The second-order valence-corrected chi connectivity index (χ2v) is 3.34. The van der Waals surface area contributed by atoms with E-state index < -0.39 is 30.6 Å². The third kappa shape index (κ3) is 1.92. The molecule has 2 aliphatic heterocycles. The first-order chi connectivity index (χ1) is 7.66. The average Bonchev–Trinajstić information content (AvgIpc) is 2.27. The van der Waals surface area contributed by atoms with Crippen molar-refractivity contribution in [1.82, 2.24) is 5.32 Å². The van der Waals surface area contributed by atoms with Gasteiger partial charge in [0.15, 0.2) is 0 Å². The van der Waals surface area contributed by atoms with Gasteiger partial charge < -0.3 is 19.3 Å². The molecule has 2 aliphatic rings. The summed E-state index contributed by atoms with van der Waals surface area (Å²) in [6.45, 7) is 0.0735. The first kappa shape index (κ1) is 11.1. The molecule has 0 aromatic rings. The molecule has 2 heterocycles. The predicted molar refractivity (Wildman–Crippen MR) is 48.9 cm³/mol. The SMILES string of the molecule is O=C1/C=C\C(=O)OC2(CO)OCCNC2O1. The lowest BCUT2D eigenvalue weighted by Gasteiger charge is -2.41. The molecule has 0 aliphatic carbocycles. The Morgan fingerprint density at radius 3 is 2.94 bits per heavy atom. The molecule has 1 saturated heterocycles. The molecule has 7 nitrogen and oxygen atoms in total. The van der Waals surface area contributed by atoms with Gasteiger partial charge in [-0.3, -0.25) is 5.32 Å². The number of ether oxygens (including phenoxy) is 3. The van der Waals surface area contributed by atoms with Gasteiger partial charge in [-0.25, -0.2) is 9.59 Å². The van der Waals surface area contributed by atoms with Crippen molar-refractivity contribution >= 4 is 11.9 Å². The number of carbonyl (C=O) groups excluding carboxylic acids is 2. The highest BCUT2D eigenvalue weighted by atomic mass is 16.8. The fraction of sp³-hybridized carbons (Fsp3) is 0.556. The molecule has 0 radical (unpaired) electrons. The second-order valence-electron chi connectivity index (χ2n) is 3.34. The maximum absolute atomic E-state index is 11.3. The second kappa shape index (κ2) is 4.20. The predicted octanol–water partition coefficient (Wildman–Crippen LogP) is -1.72. The lowest BCUT2D eigenvalue weighted by atomic mass is 10.2. The van der Waals surface area contributed by atoms with Gasteiger partial charge in [0.05, 0.1) is 6.61 Å². The number of rotatable bonds is 1. The van der Waals surface area contributed by atoms with Crippen LogP contribution in [0.15, 0.2) is 12.2 Å². The lowest BCUT2D eigenvalue weighted by Crippen LogP contribution is -2.64. The molecule has 0 aromatic heterocycles. The zero-order valence-corrected chi connectivity index (χ0v) is 8.34. The molecule has 0 bridgehead atoms. The first-order valence-electron chi connectivity index (χ1n) is 4.76. The number of fused-ring (bicyclic) bond motifs is 1. The van der Waals surface area contributed by atoms with Crippen molar-refractivity contribution in [3.05, 3.63) is 12.2 Å². The van der Waals surface area contributed by atoms with Crippen molar-refractivity contribution in [1.29, 1.82) is 0 Å². The lowest BCUT2D eigenvalue weighted by molar-refractivity contribution is -0.304. The Kier molecular flexibility index (Phi) is 2.90. The van der Waals surface area contributed by atoms with E-state index in [2.05, 4.69) is 5.32 Å². The van der Waals surface area contributed by atoms with Gasteiger partial charge in [-0.2, -0.15) is 0 Å². The summed E-state index contributed by atoms with van der Waals surface area (Å²) in [6, 6.07) is 0.